The first-order chi connectivity index (χ1) is 12.5. The molecular formula is C20H19N3O2S. The van der Waals surface area contributed by atoms with Crippen molar-refractivity contribution in [2.45, 2.75) is 31.0 Å². The lowest BCUT2D eigenvalue weighted by Gasteiger charge is -2.14. The lowest BCUT2D eigenvalue weighted by Crippen LogP contribution is -2.23. The highest BCUT2D eigenvalue weighted by molar-refractivity contribution is 8.00. The normalized spacial score (nSPS) is 12.0. The molecule has 1 amide bonds. The van der Waals surface area contributed by atoms with Crippen molar-refractivity contribution in [3.63, 3.8) is 0 Å². The molecule has 0 saturated carbocycles. The van der Waals surface area contributed by atoms with Crippen molar-refractivity contribution in [1.29, 1.82) is 0 Å². The predicted molar refractivity (Wildman–Crippen MR) is 105 cm³/mol. The Hall–Kier alpha value is -2.73. The van der Waals surface area contributed by atoms with Crippen LogP contribution in [0, 0.1) is 6.92 Å². The van der Waals surface area contributed by atoms with Gasteiger partial charge >= 0.3 is 0 Å². The fourth-order valence-corrected chi connectivity index (χ4v) is 3.59. The maximum atomic E-state index is 12.6. The fourth-order valence-electron chi connectivity index (χ4n) is 2.60. The number of hydrogen-bond donors (Lipinski definition) is 1. The van der Waals surface area contributed by atoms with Gasteiger partial charge in [-0.15, -0.1) is 0 Å². The van der Waals surface area contributed by atoms with Gasteiger partial charge in [-0.25, -0.2) is 9.97 Å². The molecular weight excluding hydrogens is 346 g/mol. The average Bonchev–Trinajstić information content (AvgIpc) is 2.61. The lowest BCUT2D eigenvalue weighted by atomic mass is 10.1. The van der Waals surface area contributed by atoms with Crippen LogP contribution in [-0.4, -0.2) is 26.9 Å². The van der Waals surface area contributed by atoms with Crippen molar-refractivity contribution >= 4 is 40.0 Å². The molecule has 0 aliphatic carbocycles. The van der Waals surface area contributed by atoms with Crippen LogP contribution < -0.4 is 5.32 Å². The summed E-state index contributed by atoms with van der Waals surface area (Å²) in [5.74, 6) is 0.406. The number of ketones is 1. The molecule has 0 fully saturated rings. The minimum absolute atomic E-state index is 0.0846. The molecule has 0 saturated heterocycles. The molecule has 0 spiro atoms. The van der Waals surface area contributed by atoms with E-state index in [0.717, 1.165) is 15.9 Å². The van der Waals surface area contributed by atoms with Crippen molar-refractivity contribution in [3.8, 4) is 0 Å². The van der Waals surface area contributed by atoms with Gasteiger partial charge < -0.3 is 5.32 Å². The van der Waals surface area contributed by atoms with Crippen LogP contribution in [-0.2, 0) is 4.79 Å². The number of thioether (sulfide) groups is 1. The Morgan fingerprint density at radius 1 is 1.04 bits per heavy atom. The number of nitrogens with one attached hydrogen (secondary N) is 1. The molecule has 0 unspecified atom stereocenters. The van der Waals surface area contributed by atoms with E-state index in [2.05, 4.69) is 15.3 Å². The van der Waals surface area contributed by atoms with Crippen LogP contribution in [0.25, 0.3) is 10.9 Å². The van der Waals surface area contributed by atoms with E-state index in [1.54, 1.807) is 24.3 Å². The van der Waals surface area contributed by atoms with E-state index in [-0.39, 0.29) is 16.9 Å². The van der Waals surface area contributed by atoms with Crippen molar-refractivity contribution in [1.82, 2.24) is 9.97 Å². The van der Waals surface area contributed by atoms with E-state index in [1.165, 1.54) is 18.7 Å². The number of aryl methyl sites for hydroxylation is 1. The van der Waals surface area contributed by atoms with Gasteiger partial charge in [-0.05, 0) is 39.0 Å². The van der Waals surface area contributed by atoms with Crippen LogP contribution in [0.2, 0.25) is 0 Å². The second kappa shape index (κ2) is 7.66. The smallest absolute Gasteiger partial charge is 0.237 e. The van der Waals surface area contributed by atoms with E-state index in [0.29, 0.717) is 17.1 Å². The molecule has 3 aromatic rings. The van der Waals surface area contributed by atoms with Gasteiger partial charge in [0, 0.05) is 10.9 Å². The second-order valence-electron chi connectivity index (χ2n) is 5.94. The van der Waals surface area contributed by atoms with E-state index >= 15 is 0 Å². The number of hydrogen-bond acceptors (Lipinski definition) is 5. The standard InChI is InChI=1S/C20H19N3O2S/c1-12(24)15-8-4-6-10-17(15)23-19(25)13(2)26-20-16-9-5-7-11-18(16)21-14(3)22-20/h4-11,13H,1-3H3,(H,23,25)/t13-/m1/s1. The summed E-state index contributed by atoms with van der Waals surface area (Å²) < 4.78 is 0. The fraction of sp³-hybridized carbons (Fsp3) is 0.200. The molecule has 0 bridgehead atoms. The number of nitrogens with zero attached hydrogens (tertiary/aromatic N) is 2. The monoisotopic (exact) mass is 365 g/mol. The Balaban J connectivity index is 1.82. The Labute approximate surface area is 156 Å². The van der Waals surface area contributed by atoms with Crippen molar-refractivity contribution in [3.05, 3.63) is 59.9 Å². The van der Waals surface area contributed by atoms with Gasteiger partial charge in [0.15, 0.2) is 5.78 Å². The molecule has 0 aliphatic heterocycles. The van der Waals surface area contributed by atoms with Crippen molar-refractivity contribution in [2.75, 3.05) is 5.32 Å². The third-order valence-corrected chi connectivity index (χ3v) is 5.00. The molecule has 1 atom stereocenters. The Morgan fingerprint density at radius 2 is 1.73 bits per heavy atom. The van der Waals surface area contributed by atoms with Gasteiger partial charge in [-0.2, -0.15) is 0 Å². The maximum absolute atomic E-state index is 12.6. The zero-order chi connectivity index (χ0) is 18.7. The molecule has 26 heavy (non-hydrogen) atoms. The highest BCUT2D eigenvalue weighted by Crippen LogP contribution is 2.29. The summed E-state index contributed by atoms with van der Waals surface area (Å²) in [6, 6.07) is 14.8. The molecule has 5 nitrogen and oxygen atoms in total. The van der Waals surface area contributed by atoms with E-state index in [4.69, 9.17) is 0 Å². The number of benzene rings is 2. The summed E-state index contributed by atoms with van der Waals surface area (Å²) in [5, 5.41) is 4.17. The van der Waals surface area contributed by atoms with Gasteiger partial charge in [-0.1, -0.05) is 42.1 Å². The molecule has 1 aromatic heterocycles. The maximum Gasteiger partial charge on any atom is 0.237 e. The summed E-state index contributed by atoms with van der Waals surface area (Å²) in [6.45, 7) is 5.14. The Kier molecular flexibility index (Phi) is 5.32. The number of amides is 1. The topological polar surface area (TPSA) is 72.0 Å². The highest BCUT2D eigenvalue weighted by atomic mass is 32.2. The number of aromatic nitrogens is 2. The van der Waals surface area contributed by atoms with Gasteiger partial charge in [0.05, 0.1) is 16.5 Å². The summed E-state index contributed by atoms with van der Waals surface area (Å²) in [6.07, 6.45) is 0. The summed E-state index contributed by atoms with van der Waals surface area (Å²) in [4.78, 5) is 33.3. The Morgan fingerprint density at radius 3 is 2.50 bits per heavy atom. The molecule has 3 rings (SSSR count). The zero-order valence-electron chi connectivity index (χ0n) is 14.8. The van der Waals surface area contributed by atoms with Gasteiger partial charge in [0.1, 0.15) is 10.9 Å². The first kappa shape index (κ1) is 18.1. The van der Waals surface area contributed by atoms with Crippen molar-refractivity contribution < 1.29 is 9.59 Å². The van der Waals surface area contributed by atoms with Crippen LogP contribution in [0.3, 0.4) is 0 Å². The lowest BCUT2D eigenvalue weighted by molar-refractivity contribution is -0.115. The Bertz CT molecular complexity index is 988. The molecule has 6 heteroatoms. The molecule has 0 aliphatic rings. The molecule has 132 valence electrons. The number of fused-ring (bicyclic) bond motifs is 1. The van der Waals surface area contributed by atoms with Crippen LogP contribution in [0.4, 0.5) is 5.69 Å². The van der Waals surface area contributed by atoms with Crippen molar-refractivity contribution in [2.24, 2.45) is 0 Å². The predicted octanol–water partition coefficient (Wildman–Crippen LogP) is 4.26. The quantitative estimate of drug-likeness (QED) is 0.415. The van der Waals surface area contributed by atoms with Crippen LogP contribution in [0.5, 0.6) is 0 Å². The minimum Gasteiger partial charge on any atom is -0.324 e. The molecule has 1 heterocycles. The number of rotatable bonds is 5. The third kappa shape index (κ3) is 3.91. The molecule has 2 aromatic carbocycles. The highest BCUT2D eigenvalue weighted by Gasteiger charge is 2.19. The van der Waals surface area contributed by atoms with E-state index in [9.17, 15) is 9.59 Å². The first-order valence-corrected chi connectivity index (χ1v) is 9.14. The molecule has 0 radical (unpaired) electrons. The average molecular weight is 365 g/mol. The zero-order valence-corrected chi connectivity index (χ0v) is 15.6. The number of carbonyl (C=O) groups is 2. The molecule has 1 N–H and O–H groups in total. The number of carbonyl (C=O) groups excluding carboxylic acids is 2. The number of para-hydroxylation sites is 2. The van der Waals surface area contributed by atoms with Crippen LogP contribution in [0.1, 0.15) is 30.0 Å². The van der Waals surface area contributed by atoms with Gasteiger partial charge in [0.2, 0.25) is 5.91 Å². The van der Waals surface area contributed by atoms with Crippen LogP contribution in [0.15, 0.2) is 53.6 Å². The number of Topliss-reactive ketones (excluding diaryl/α,β-unsaturated/α-hetero) is 1. The number of anilines is 1. The largest absolute Gasteiger partial charge is 0.324 e. The third-order valence-electron chi connectivity index (χ3n) is 3.90. The second-order valence-corrected chi connectivity index (χ2v) is 7.27. The first-order valence-electron chi connectivity index (χ1n) is 8.26. The van der Waals surface area contributed by atoms with Crippen LogP contribution >= 0.6 is 11.8 Å². The minimum atomic E-state index is -0.382. The van der Waals surface area contributed by atoms with E-state index < -0.39 is 0 Å². The van der Waals surface area contributed by atoms with E-state index in [1.807, 2.05) is 38.1 Å². The SMILES string of the molecule is CC(=O)c1ccccc1NC(=O)[C@@H](C)Sc1nc(C)nc2ccccc12. The van der Waals surface area contributed by atoms with Gasteiger partial charge in [0.25, 0.3) is 0 Å². The summed E-state index contributed by atoms with van der Waals surface area (Å²) in [5.41, 5.74) is 1.89. The van der Waals surface area contributed by atoms with Gasteiger partial charge in [-0.3, -0.25) is 9.59 Å². The summed E-state index contributed by atoms with van der Waals surface area (Å²) >= 11 is 1.38. The summed E-state index contributed by atoms with van der Waals surface area (Å²) in [7, 11) is 0.